The second-order valence-corrected chi connectivity index (χ2v) is 15.4. The van der Waals surface area contributed by atoms with Gasteiger partial charge in [0.05, 0.1) is 25.7 Å². The molecule has 5 rings (SSSR count). The number of hydrogen-bond donors (Lipinski definition) is 4. The van der Waals surface area contributed by atoms with Crippen LogP contribution in [0.5, 0.6) is 11.5 Å². The second kappa shape index (κ2) is 11.1. The molecule has 0 bridgehead atoms. The maximum atomic E-state index is 13.4. The second-order valence-electron chi connectivity index (χ2n) is 10.3. The Balaban J connectivity index is 1.73. The summed E-state index contributed by atoms with van der Waals surface area (Å²) in [5.74, 6) is -1.66. The standard InChI is InChI=1S/C29H27Cl4NO6S/c1-41(2)25-17(12-19(30)23(36)21(25)32)29(18-13-20(31)24(37)22(33)26(18)41)16-11-14(7-8-15(16)28(39)40-29)27(38)34-9-5-3-4-6-10-35/h7-8,11-13,35-37H,3-6,9-10H2,1-2H3,(H,34,38). The SMILES string of the molecule is CS1(C)c2c(cc(Cl)c(O)c2Cl)C2(OC(=O)c3ccc(C(=O)NCCCCCCO)cc32)c2cc(Cl)c(O)c(Cl)c21. The van der Waals surface area contributed by atoms with E-state index in [4.69, 9.17) is 56.2 Å². The third-order valence-electron chi connectivity index (χ3n) is 7.57. The molecular weight excluding hydrogens is 632 g/mol. The number of ether oxygens (including phenoxy) is 1. The number of aliphatic hydroxyl groups is 1. The Hall–Kier alpha value is -2.33. The molecule has 4 N–H and O–H groups in total. The predicted octanol–water partition coefficient (Wildman–Crippen LogP) is 7.25. The molecule has 12 heteroatoms. The number of phenols is 2. The number of fused-ring (bicyclic) bond motifs is 6. The van der Waals surface area contributed by atoms with E-state index < -0.39 is 21.6 Å². The summed E-state index contributed by atoms with van der Waals surface area (Å²) in [6.45, 7) is 0.584. The Morgan fingerprint density at radius 3 is 2.00 bits per heavy atom. The van der Waals surface area contributed by atoms with Gasteiger partial charge in [-0.3, -0.25) is 4.79 Å². The summed E-state index contributed by atoms with van der Waals surface area (Å²) >= 11 is 26.3. The molecule has 7 nitrogen and oxygen atoms in total. The maximum absolute atomic E-state index is 13.4. The fraction of sp³-hybridized carbons (Fsp3) is 0.310. The Morgan fingerprint density at radius 1 is 0.878 bits per heavy atom. The van der Waals surface area contributed by atoms with E-state index in [0.29, 0.717) is 45.0 Å². The number of esters is 1. The van der Waals surface area contributed by atoms with Gasteiger partial charge in [0.2, 0.25) is 0 Å². The summed E-state index contributed by atoms with van der Waals surface area (Å²) in [5.41, 5.74) is 0.00332. The number of carbonyl (C=O) groups is 2. The highest BCUT2D eigenvalue weighted by Crippen LogP contribution is 2.73. The lowest BCUT2D eigenvalue weighted by atomic mass is 9.78. The van der Waals surface area contributed by atoms with E-state index in [2.05, 4.69) is 5.32 Å². The topological polar surface area (TPSA) is 116 Å². The minimum atomic E-state index is -2.16. The van der Waals surface area contributed by atoms with Crippen LogP contribution >= 0.6 is 56.4 Å². The van der Waals surface area contributed by atoms with Crippen LogP contribution in [-0.4, -0.2) is 52.9 Å². The highest BCUT2D eigenvalue weighted by molar-refractivity contribution is 8.33. The summed E-state index contributed by atoms with van der Waals surface area (Å²) in [6.07, 6.45) is 6.97. The molecule has 41 heavy (non-hydrogen) atoms. The van der Waals surface area contributed by atoms with Crippen molar-refractivity contribution in [3.63, 3.8) is 0 Å². The molecule has 1 spiro atoms. The number of aromatic hydroxyl groups is 2. The zero-order valence-corrected chi connectivity index (χ0v) is 26.0. The van der Waals surface area contributed by atoms with Gasteiger partial charge >= 0.3 is 5.97 Å². The van der Waals surface area contributed by atoms with Crippen LogP contribution in [0.4, 0.5) is 0 Å². The zero-order chi connectivity index (χ0) is 29.9. The molecule has 0 atom stereocenters. The normalized spacial score (nSPS) is 16.5. The van der Waals surface area contributed by atoms with E-state index in [0.717, 1.165) is 19.3 Å². The van der Waals surface area contributed by atoms with Crippen molar-refractivity contribution in [1.82, 2.24) is 5.32 Å². The molecule has 0 aliphatic carbocycles. The molecule has 2 heterocycles. The van der Waals surface area contributed by atoms with Crippen LogP contribution in [0.15, 0.2) is 40.1 Å². The lowest BCUT2D eigenvalue weighted by Crippen LogP contribution is -2.36. The molecule has 2 aliphatic rings. The molecule has 0 saturated carbocycles. The van der Waals surface area contributed by atoms with Crippen LogP contribution in [0.1, 0.15) is 63.1 Å². The molecule has 0 unspecified atom stereocenters. The van der Waals surface area contributed by atoms with Gasteiger partial charge in [-0.25, -0.2) is 4.79 Å². The highest BCUT2D eigenvalue weighted by atomic mass is 35.5. The quantitative estimate of drug-likeness (QED) is 0.157. The molecule has 3 aromatic carbocycles. The van der Waals surface area contributed by atoms with Crippen LogP contribution in [0.3, 0.4) is 0 Å². The van der Waals surface area contributed by atoms with E-state index in [-0.39, 0.29) is 49.7 Å². The van der Waals surface area contributed by atoms with E-state index in [1.54, 1.807) is 12.1 Å². The summed E-state index contributed by atoms with van der Waals surface area (Å²) < 4.78 is 6.20. The highest BCUT2D eigenvalue weighted by Gasteiger charge is 2.57. The largest absolute Gasteiger partial charge is 0.505 e. The Bertz CT molecular complexity index is 1540. The van der Waals surface area contributed by atoms with Gasteiger partial charge in [0, 0.05) is 45.2 Å². The maximum Gasteiger partial charge on any atom is 0.340 e. The van der Waals surface area contributed by atoms with Crippen LogP contribution in [0, 0.1) is 0 Å². The summed E-state index contributed by atoms with van der Waals surface area (Å²) in [7, 11) is -2.16. The van der Waals surface area contributed by atoms with Gasteiger partial charge in [-0.15, -0.1) is 0 Å². The summed E-state index contributed by atoms with van der Waals surface area (Å²) in [5, 5.41) is 33.1. The van der Waals surface area contributed by atoms with E-state index in [1.165, 1.54) is 18.2 Å². The van der Waals surface area contributed by atoms with Crippen molar-refractivity contribution < 1.29 is 29.6 Å². The number of carbonyl (C=O) groups excluding carboxylic acids is 2. The number of hydrogen-bond acceptors (Lipinski definition) is 6. The average molecular weight is 659 g/mol. The number of rotatable bonds is 7. The molecule has 0 aromatic heterocycles. The van der Waals surface area contributed by atoms with Crippen molar-refractivity contribution in [3.8, 4) is 11.5 Å². The minimum absolute atomic E-state index is 0.0253. The Labute approximate surface area is 258 Å². The molecule has 2 aliphatic heterocycles. The van der Waals surface area contributed by atoms with Gasteiger partial charge in [0.25, 0.3) is 5.91 Å². The molecule has 3 aromatic rings. The Morgan fingerprint density at radius 2 is 1.44 bits per heavy atom. The zero-order valence-electron chi connectivity index (χ0n) is 22.1. The molecule has 218 valence electrons. The van der Waals surface area contributed by atoms with E-state index in [1.807, 2.05) is 12.5 Å². The fourth-order valence-corrected chi connectivity index (χ4v) is 10.5. The smallest absolute Gasteiger partial charge is 0.340 e. The number of amides is 1. The van der Waals surface area contributed by atoms with Crippen LogP contribution in [0.2, 0.25) is 20.1 Å². The van der Waals surface area contributed by atoms with Gasteiger partial charge in [0.15, 0.2) is 17.1 Å². The van der Waals surface area contributed by atoms with E-state index in [9.17, 15) is 19.8 Å². The first-order valence-electron chi connectivity index (χ1n) is 12.8. The molecule has 0 saturated heterocycles. The average Bonchev–Trinajstić information content (AvgIpc) is 3.22. The van der Waals surface area contributed by atoms with Crippen molar-refractivity contribution >= 4 is 68.3 Å². The third-order valence-corrected chi connectivity index (χ3v) is 12.0. The number of unbranched alkanes of at least 4 members (excludes halogenated alkanes) is 3. The van der Waals surface area contributed by atoms with Crippen molar-refractivity contribution in [2.75, 3.05) is 25.7 Å². The van der Waals surface area contributed by atoms with Crippen molar-refractivity contribution in [1.29, 1.82) is 0 Å². The fourth-order valence-electron chi connectivity index (χ4n) is 5.65. The van der Waals surface area contributed by atoms with Gasteiger partial charge in [-0.2, -0.15) is 10.0 Å². The van der Waals surface area contributed by atoms with Crippen molar-refractivity contribution in [2.45, 2.75) is 41.1 Å². The van der Waals surface area contributed by atoms with Crippen LogP contribution < -0.4 is 5.32 Å². The van der Waals surface area contributed by atoms with Gasteiger partial charge < -0.3 is 25.4 Å². The number of nitrogens with one attached hydrogen (secondary N) is 1. The van der Waals surface area contributed by atoms with Gasteiger partial charge in [-0.05, 0) is 55.7 Å². The molecule has 1 amide bonds. The molecule has 0 fully saturated rings. The van der Waals surface area contributed by atoms with Crippen LogP contribution in [0.25, 0.3) is 0 Å². The van der Waals surface area contributed by atoms with E-state index >= 15 is 0 Å². The first-order chi connectivity index (χ1) is 19.4. The van der Waals surface area contributed by atoms with Crippen LogP contribution in [-0.2, 0) is 10.3 Å². The number of phenolic OH excluding ortho intramolecular Hbond substituents is 2. The number of benzene rings is 3. The minimum Gasteiger partial charge on any atom is -0.505 e. The summed E-state index contributed by atoms with van der Waals surface area (Å²) in [4.78, 5) is 27.5. The Kier molecular flexibility index (Phi) is 8.13. The lowest BCUT2D eigenvalue weighted by Gasteiger charge is -2.48. The van der Waals surface area contributed by atoms with Gasteiger partial charge in [-0.1, -0.05) is 59.2 Å². The van der Waals surface area contributed by atoms with Crippen molar-refractivity contribution in [2.24, 2.45) is 0 Å². The first kappa shape index (κ1) is 30.1. The predicted molar refractivity (Wildman–Crippen MR) is 162 cm³/mol. The van der Waals surface area contributed by atoms with Crippen molar-refractivity contribution in [3.05, 3.63) is 78.2 Å². The number of aliphatic hydroxyl groups excluding tert-OH is 1. The third kappa shape index (κ3) is 4.64. The number of halogens is 4. The molecular formula is C29H27Cl4NO6S. The monoisotopic (exact) mass is 657 g/mol. The lowest BCUT2D eigenvalue weighted by molar-refractivity contribution is 0.0232. The first-order valence-corrected chi connectivity index (χ1v) is 16.8. The molecule has 0 radical (unpaired) electrons. The van der Waals surface area contributed by atoms with Gasteiger partial charge in [0.1, 0.15) is 0 Å². The summed E-state index contributed by atoms with van der Waals surface area (Å²) in [6, 6.07) is 7.68.